The number of amides is 1. The molecule has 1 aromatic rings. The summed E-state index contributed by atoms with van der Waals surface area (Å²) < 4.78 is 19.2. The standard InChI is InChI=1S/C16H23FN2O2/c1-16(2,15(20)18-3)10-19-13-5-4-8-21-14-7-6-11(17)9-12(13)14/h6-7,9,13,19H,4-5,8,10H2,1-3H3,(H,18,20). The summed E-state index contributed by atoms with van der Waals surface area (Å²) >= 11 is 0. The Morgan fingerprint density at radius 2 is 2.24 bits per heavy atom. The number of carbonyl (C=O) groups excluding carboxylic acids is 1. The number of halogens is 1. The van der Waals surface area contributed by atoms with Gasteiger partial charge < -0.3 is 15.4 Å². The molecule has 0 bridgehead atoms. The third kappa shape index (κ3) is 3.73. The molecule has 0 fully saturated rings. The van der Waals surface area contributed by atoms with Crippen LogP contribution in [0.25, 0.3) is 0 Å². The van der Waals surface area contributed by atoms with E-state index in [1.165, 1.54) is 12.1 Å². The fraction of sp³-hybridized carbons (Fsp3) is 0.562. The highest BCUT2D eigenvalue weighted by Crippen LogP contribution is 2.32. The van der Waals surface area contributed by atoms with Gasteiger partial charge in [0.15, 0.2) is 0 Å². The van der Waals surface area contributed by atoms with Crippen molar-refractivity contribution in [3.63, 3.8) is 0 Å². The zero-order valence-corrected chi connectivity index (χ0v) is 12.8. The summed E-state index contributed by atoms with van der Waals surface area (Å²) in [6, 6.07) is 4.61. The van der Waals surface area contributed by atoms with E-state index < -0.39 is 5.41 Å². The number of rotatable bonds is 4. The Bertz CT molecular complexity index is 517. The van der Waals surface area contributed by atoms with Crippen LogP contribution in [0.3, 0.4) is 0 Å². The van der Waals surface area contributed by atoms with Crippen LogP contribution in [0.4, 0.5) is 4.39 Å². The quantitative estimate of drug-likeness (QED) is 0.896. The third-order valence-electron chi connectivity index (χ3n) is 3.87. The number of fused-ring (bicyclic) bond motifs is 1. The highest BCUT2D eigenvalue weighted by atomic mass is 19.1. The fourth-order valence-electron chi connectivity index (χ4n) is 2.56. The molecule has 0 aliphatic carbocycles. The van der Waals surface area contributed by atoms with Gasteiger partial charge in [-0.25, -0.2) is 4.39 Å². The predicted octanol–water partition coefficient (Wildman–Crippen LogP) is 2.40. The van der Waals surface area contributed by atoms with Gasteiger partial charge in [0.25, 0.3) is 0 Å². The van der Waals surface area contributed by atoms with Gasteiger partial charge in [-0.05, 0) is 44.9 Å². The Hall–Kier alpha value is -1.62. The lowest BCUT2D eigenvalue weighted by Crippen LogP contribution is -2.43. The molecule has 0 spiro atoms. The SMILES string of the molecule is CNC(=O)C(C)(C)CNC1CCCOc2ccc(F)cc21. The van der Waals surface area contributed by atoms with Crippen molar-refractivity contribution in [3.05, 3.63) is 29.6 Å². The molecular weight excluding hydrogens is 271 g/mol. The molecule has 0 radical (unpaired) electrons. The number of hydrogen-bond donors (Lipinski definition) is 2. The first-order valence-corrected chi connectivity index (χ1v) is 7.32. The van der Waals surface area contributed by atoms with Crippen molar-refractivity contribution in [3.8, 4) is 5.75 Å². The van der Waals surface area contributed by atoms with Crippen molar-refractivity contribution in [2.75, 3.05) is 20.2 Å². The number of nitrogens with one attached hydrogen (secondary N) is 2. The average Bonchev–Trinajstić information content (AvgIpc) is 2.66. The first-order valence-electron chi connectivity index (χ1n) is 7.32. The van der Waals surface area contributed by atoms with E-state index in [0.717, 1.165) is 24.2 Å². The zero-order valence-electron chi connectivity index (χ0n) is 12.8. The molecule has 4 nitrogen and oxygen atoms in total. The first-order chi connectivity index (χ1) is 9.94. The Kier molecular flexibility index (Phi) is 4.83. The fourth-order valence-corrected chi connectivity index (χ4v) is 2.56. The van der Waals surface area contributed by atoms with Crippen LogP contribution < -0.4 is 15.4 Å². The van der Waals surface area contributed by atoms with Crippen LogP contribution in [0, 0.1) is 11.2 Å². The Labute approximate surface area is 125 Å². The topological polar surface area (TPSA) is 50.4 Å². The molecule has 1 unspecified atom stereocenters. The van der Waals surface area contributed by atoms with E-state index in [1.54, 1.807) is 13.1 Å². The van der Waals surface area contributed by atoms with Crippen LogP contribution in [0.5, 0.6) is 5.75 Å². The van der Waals surface area contributed by atoms with Gasteiger partial charge in [-0.1, -0.05) is 0 Å². The van der Waals surface area contributed by atoms with Crippen LogP contribution in [-0.4, -0.2) is 26.1 Å². The molecule has 0 saturated heterocycles. The van der Waals surface area contributed by atoms with Gasteiger partial charge in [-0.3, -0.25) is 4.79 Å². The van der Waals surface area contributed by atoms with E-state index in [9.17, 15) is 9.18 Å². The minimum atomic E-state index is -0.518. The third-order valence-corrected chi connectivity index (χ3v) is 3.87. The molecule has 2 rings (SSSR count). The average molecular weight is 294 g/mol. The molecule has 2 N–H and O–H groups in total. The molecule has 116 valence electrons. The van der Waals surface area contributed by atoms with Crippen molar-refractivity contribution >= 4 is 5.91 Å². The smallest absolute Gasteiger partial charge is 0.226 e. The van der Waals surface area contributed by atoms with Gasteiger partial charge in [0.1, 0.15) is 11.6 Å². The molecule has 5 heteroatoms. The normalized spacial score (nSPS) is 18.4. The molecule has 1 aliphatic heterocycles. The molecule has 0 aromatic heterocycles. The second kappa shape index (κ2) is 6.43. The molecule has 1 amide bonds. The van der Waals surface area contributed by atoms with Crippen LogP contribution in [-0.2, 0) is 4.79 Å². The highest BCUT2D eigenvalue weighted by Gasteiger charge is 2.29. The van der Waals surface area contributed by atoms with E-state index >= 15 is 0 Å². The van der Waals surface area contributed by atoms with Crippen molar-refractivity contribution in [1.82, 2.24) is 10.6 Å². The summed E-state index contributed by atoms with van der Waals surface area (Å²) in [6.45, 7) is 4.93. The summed E-state index contributed by atoms with van der Waals surface area (Å²) in [5, 5.41) is 6.06. The van der Waals surface area contributed by atoms with E-state index in [2.05, 4.69) is 10.6 Å². The van der Waals surface area contributed by atoms with Crippen LogP contribution >= 0.6 is 0 Å². The van der Waals surface area contributed by atoms with Crippen molar-refractivity contribution in [2.45, 2.75) is 32.7 Å². The van der Waals surface area contributed by atoms with E-state index in [0.29, 0.717) is 13.2 Å². The van der Waals surface area contributed by atoms with Gasteiger partial charge in [0, 0.05) is 25.2 Å². The van der Waals surface area contributed by atoms with Crippen LogP contribution in [0.1, 0.15) is 38.3 Å². The summed E-state index contributed by atoms with van der Waals surface area (Å²) in [5.41, 5.74) is 0.315. The van der Waals surface area contributed by atoms with Crippen molar-refractivity contribution in [2.24, 2.45) is 5.41 Å². The number of benzene rings is 1. The summed E-state index contributed by atoms with van der Waals surface area (Å²) in [6.07, 6.45) is 1.76. The van der Waals surface area contributed by atoms with Crippen molar-refractivity contribution < 1.29 is 13.9 Å². The minimum absolute atomic E-state index is 0.00197. The lowest BCUT2D eigenvalue weighted by atomic mass is 9.91. The Morgan fingerprint density at radius 3 is 2.95 bits per heavy atom. The maximum Gasteiger partial charge on any atom is 0.226 e. The summed E-state index contributed by atoms with van der Waals surface area (Å²) in [4.78, 5) is 11.8. The lowest BCUT2D eigenvalue weighted by molar-refractivity contribution is -0.128. The molecule has 21 heavy (non-hydrogen) atoms. The Morgan fingerprint density at radius 1 is 1.48 bits per heavy atom. The number of ether oxygens (including phenoxy) is 1. The highest BCUT2D eigenvalue weighted by molar-refractivity contribution is 5.81. The number of hydrogen-bond acceptors (Lipinski definition) is 3. The van der Waals surface area contributed by atoms with Gasteiger partial charge >= 0.3 is 0 Å². The molecular formula is C16H23FN2O2. The molecule has 0 saturated carbocycles. The maximum atomic E-state index is 13.5. The predicted molar refractivity (Wildman–Crippen MR) is 79.7 cm³/mol. The van der Waals surface area contributed by atoms with Gasteiger partial charge in [-0.15, -0.1) is 0 Å². The van der Waals surface area contributed by atoms with E-state index in [1.807, 2.05) is 13.8 Å². The zero-order chi connectivity index (χ0) is 15.5. The molecule has 1 aliphatic rings. The van der Waals surface area contributed by atoms with Gasteiger partial charge in [0.05, 0.1) is 12.0 Å². The second-order valence-electron chi connectivity index (χ2n) is 6.07. The van der Waals surface area contributed by atoms with Crippen molar-refractivity contribution in [1.29, 1.82) is 0 Å². The van der Waals surface area contributed by atoms with Crippen LogP contribution in [0.15, 0.2) is 18.2 Å². The maximum absolute atomic E-state index is 13.5. The number of carbonyl (C=O) groups is 1. The first kappa shape index (κ1) is 15.8. The molecule has 1 aromatic carbocycles. The van der Waals surface area contributed by atoms with E-state index in [4.69, 9.17) is 4.74 Å². The molecule has 1 heterocycles. The Balaban J connectivity index is 2.14. The minimum Gasteiger partial charge on any atom is -0.493 e. The van der Waals surface area contributed by atoms with Gasteiger partial charge in [-0.2, -0.15) is 0 Å². The molecule has 1 atom stereocenters. The second-order valence-corrected chi connectivity index (χ2v) is 6.07. The largest absolute Gasteiger partial charge is 0.493 e. The summed E-state index contributed by atoms with van der Waals surface area (Å²) in [5.74, 6) is 0.445. The van der Waals surface area contributed by atoms with E-state index in [-0.39, 0.29) is 17.8 Å². The van der Waals surface area contributed by atoms with Crippen LogP contribution in [0.2, 0.25) is 0 Å². The van der Waals surface area contributed by atoms with Gasteiger partial charge in [0.2, 0.25) is 5.91 Å². The lowest BCUT2D eigenvalue weighted by Gasteiger charge is -2.27. The monoisotopic (exact) mass is 294 g/mol. The summed E-state index contributed by atoms with van der Waals surface area (Å²) in [7, 11) is 1.63.